The Labute approximate surface area is 121 Å². The molecule has 0 bridgehead atoms. The fourth-order valence-corrected chi connectivity index (χ4v) is 2.78. The molecule has 0 saturated carbocycles. The number of nitrogens with two attached hydrogens (primary N) is 1. The number of carboxylic acids is 1. The van der Waals surface area contributed by atoms with Crippen LogP contribution in [-0.2, 0) is 9.59 Å². The van der Waals surface area contributed by atoms with Crippen molar-refractivity contribution < 1.29 is 14.7 Å². The van der Waals surface area contributed by atoms with Gasteiger partial charge in [0.2, 0.25) is 5.91 Å². The average Bonchev–Trinajstić information content (AvgIpc) is 2.83. The van der Waals surface area contributed by atoms with Crippen LogP contribution in [0, 0.1) is 11.8 Å². The number of hydrogen-bond donors (Lipinski definition) is 2. The van der Waals surface area contributed by atoms with Crippen LogP contribution < -0.4 is 5.73 Å². The maximum absolute atomic E-state index is 12.3. The lowest BCUT2D eigenvalue weighted by Gasteiger charge is -2.21. The fourth-order valence-electron chi connectivity index (χ4n) is 2.78. The number of rotatable bonds is 8. The number of hydrogen-bond acceptors (Lipinski definition) is 3. The van der Waals surface area contributed by atoms with Gasteiger partial charge in [0.25, 0.3) is 0 Å². The number of carboxylic acid groups (broad SMARTS) is 1. The molecule has 0 aromatic heterocycles. The lowest BCUT2D eigenvalue weighted by atomic mass is 10.0. The topological polar surface area (TPSA) is 83.6 Å². The molecule has 1 rings (SSSR count). The summed E-state index contributed by atoms with van der Waals surface area (Å²) >= 11 is 0. The minimum absolute atomic E-state index is 0.0481. The molecular weight excluding hydrogens is 256 g/mol. The van der Waals surface area contributed by atoms with Crippen molar-refractivity contribution in [2.75, 3.05) is 13.1 Å². The van der Waals surface area contributed by atoms with Gasteiger partial charge in [-0.2, -0.15) is 0 Å². The van der Waals surface area contributed by atoms with Crippen LogP contribution in [0.5, 0.6) is 0 Å². The molecule has 0 spiro atoms. The highest BCUT2D eigenvalue weighted by atomic mass is 16.4. The predicted molar refractivity (Wildman–Crippen MR) is 78.2 cm³/mol. The molecule has 1 saturated heterocycles. The summed E-state index contributed by atoms with van der Waals surface area (Å²) in [6, 6.07) is 0.199. The molecule has 5 nitrogen and oxygen atoms in total. The molecule has 0 aliphatic carbocycles. The second-order valence-corrected chi connectivity index (χ2v) is 6.18. The molecular formula is C15H28N2O3. The summed E-state index contributed by atoms with van der Waals surface area (Å²) in [5.74, 6) is -0.134. The first-order chi connectivity index (χ1) is 9.40. The van der Waals surface area contributed by atoms with Crippen LogP contribution in [0.15, 0.2) is 0 Å². The number of aliphatic carboxylic acids is 1. The summed E-state index contributed by atoms with van der Waals surface area (Å²) in [4.78, 5) is 24.8. The normalized spacial score (nSPS) is 21.8. The molecule has 116 valence electrons. The number of likely N-dealkylation sites (tertiary alicyclic amines) is 1. The highest BCUT2D eigenvalue weighted by Crippen LogP contribution is 2.23. The molecule has 1 fully saturated rings. The first-order valence-corrected chi connectivity index (χ1v) is 7.66. The summed E-state index contributed by atoms with van der Waals surface area (Å²) < 4.78 is 0. The summed E-state index contributed by atoms with van der Waals surface area (Å²) in [7, 11) is 0. The van der Waals surface area contributed by atoms with Crippen molar-refractivity contribution in [2.24, 2.45) is 17.6 Å². The zero-order valence-corrected chi connectivity index (χ0v) is 12.7. The van der Waals surface area contributed by atoms with Gasteiger partial charge < -0.3 is 15.7 Å². The number of nitrogens with zero attached hydrogens (tertiary/aromatic N) is 1. The van der Waals surface area contributed by atoms with Crippen LogP contribution >= 0.6 is 0 Å². The van der Waals surface area contributed by atoms with Crippen molar-refractivity contribution in [2.45, 2.75) is 58.4 Å². The van der Waals surface area contributed by atoms with Crippen LogP contribution in [0.1, 0.15) is 52.4 Å². The van der Waals surface area contributed by atoms with Crippen molar-refractivity contribution in [3.8, 4) is 0 Å². The molecule has 3 N–H and O–H groups in total. The Balaban J connectivity index is 2.28. The molecule has 1 aliphatic heterocycles. The minimum Gasteiger partial charge on any atom is -0.481 e. The van der Waals surface area contributed by atoms with E-state index < -0.39 is 5.97 Å². The molecule has 1 amide bonds. The van der Waals surface area contributed by atoms with Crippen molar-refractivity contribution in [3.05, 3.63) is 0 Å². The van der Waals surface area contributed by atoms with E-state index in [0.29, 0.717) is 12.3 Å². The van der Waals surface area contributed by atoms with E-state index in [2.05, 4.69) is 0 Å². The van der Waals surface area contributed by atoms with E-state index in [4.69, 9.17) is 10.8 Å². The van der Waals surface area contributed by atoms with Crippen LogP contribution in [0.25, 0.3) is 0 Å². The molecule has 3 unspecified atom stereocenters. The number of carbonyl (C=O) groups excluding carboxylic acids is 1. The zero-order valence-electron chi connectivity index (χ0n) is 12.7. The van der Waals surface area contributed by atoms with Crippen molar-refractivity contribution in [1.29, 1.82) is 0 Å². The molecule has 1 heterocycles. The van der Waals surface area contributed by atoms with Gasteiger partial charge in [0.05, 0.1) is 0 Å². The Kier molecular flexibility index (Phi) is 6.99. The van der Waals surface area contributed by atoms with Crippen LogP contribution in [0.2, 0.25) is 0 Å². The Morgan fingerprint density at radius 3 is 2.65 bits per heavy atom. The molecule has 1 aliphatic rings. The van der Waals surface area contributed by atoms with Gasteiger partial charge >= 0.3 is 5.97 Å². The first-order valence-electron chi connectivity index (χ1n) is 7.66. The van der Waals surface area contributed by atoms with Gasteiger partial charge in [-0.3, -0.25) is 9.59 Å². The maximum Gasteiger partial charge on any atom is 0.303 e. The predicted octanol–water partition coefficient (Wildman–Crippen LogP) is 1.85. The Hall–Kier alpha value is -1.10. The standard InChI is InChI=1S/C15H28N2O3/c1-11(4-3-5-12(2)16)15(20)17-9-8-13(10-17)6-7-14(18)19/h11-13H,3-10,16H2,1-2H3,(H,18,19). The second-order valence-electron chi connectivity index (χ2n) is 6.18. The number of amides is 1. The van der Waals surface area contributed by atoms with Crippen LogP contribution in [-0.4, -0.2) is 41.0 Å². The molecule has 3 atom stereocenters. The minimum atomic E-state index is -0.751. The number of carbonyl (C=O) groups is 2. The monoisotopic (exact) mass is 284 g/mol. The van der Waals surface area contributed by atoms with Crippen molar-refractivity contribution in [1.82, 2.24) is 4.90 Å². The third kappa shape index (κ3) is 5.90. The highest BCUT2D eigenvalue weighted by Gasteiger charge is 2.28. The van der Waals surface area contributed by atoms with Gasteiger partial charge in [0, 0.05) is 31.5 Å². The molecule has 0 aromatic carbocycles. The van der Waals surface area contributed by atoms with Gasteiger partial charge in [0.15, 0.2) is 0 Å². The van der Waals surface area contributed by atoms with Crippen molar-refractivity contribution >= 4 is 11.9 Å². The highest BCUT2D eigenvalue weighted by molar-refractivity contribution is 5.78. The van der Waals surface area contributed by atoms with E-state index in [1.807, 2.05) is 18.7 Å². The van der Waals surface area contributed by atoms with Crippen LogP contribution in [0.3, 0.4) is 0 Å². The lowest BCUT2D eigenvalue weighted by molar-refractivity contribution is -0.137. The van der Waals surface area contributed by atoms with Crippen LogP contribution in [0.4, 0.5) is 0 Å². The van der Waals surface area contributed by atoms with Gasteiger partial charge in [-0.05, 0) is 38.5 Å². The van der Waals surface area contributed by atoms with E-state index in [1.54, 1.807) is 0 Å². The van der Waals surface area contributed by atoms with Gasteiger partial charge in [-0.1, -0.05) is 13.3 Å². The van der Waals surface area contributed by atoms with E-state index >= 15 is 0 Å². The fraction of sp³-hybridized carbons (Fsp3) is 0.867. The van der Waals surface area contributed by atoms with E-state index in [-0.39, 0.29) is 24.3 Å². The zero-order chi connectivity index (χ0) is 15.1. The first kappa shape index (κ1) is 17.0. The smallest absolute Gasteiger partial charge is 0.303 e. The van der Waals surface area contributed by atoms with E-state index in [9.17, 15) is 9.59 Å². The van der Waals surface area contributed by atoms with Gasteiger partial charge in [-0.25, -0.2) is 0 Å². The molecule has 0 radical (unpaired) electrons. The molecule has 5 heteroatoms. The van der Waals surface area contributed by atoms with Crippen molar-refractivity contribution in [3.63, 3.8) is 0 Å². The summed E-state index contributed by atoms with van der Waals surface area (Å²) in [6.07, 6.45) is 4.65. The third-order valence-electron chi connectivity index (χ3n) is 4.08. The van der Waals surface area contributed by atoms with Gasteiger partial charge in [0.1, 0.15) is 0 Å². The quantitative estimate of drug-likeness (QED) is 0.712. The second kappa shape index (κ2) is 8.25. The van der Waals surface area contributed by atoms with E-state index in [1.165, 1.54) is 0 Å². The van der Waals surface area contributed by atoms with Gasteiger partial charge in [-0.15, -0.1) is 0 Å². The Bertz CT molecular complexity index is 331. The summed E-state index contributed by atoms with van der Waals surface area (Å²) in [5.41, 5.74) is 5.71. The van der Waals surface area contributed by atoms with E-state index in [0.717, 1.165) is 38.8 Å². The average molecular weight is 284 g/mol. The summed E-state index contributed by atoms with van der Waals surface area (Å²) in [5, 5.41) is 8.69. The largest absolute Gasteiger partial charge is 0.481 e. The molecule has 20 heavy (non-hydrogen) atoms. The Morgan fingerprint density at radius 2 is 2.05 bits per heavy atom. The third-order valence-corrected chi connectivity index (χ3v) is 4.08. The SMILES string of the molecule is CC(N)CCCC(C)C(=O)N1CCC(CCC(=O)O)C1. The maximum atomic E-state index is 12.3. The lowest BCUT2D eigenvalue weighted by Crippen LogP contribution is -2.33. The molecule has 0 aromatic rings. The summed E-state index contributed by atoms with van der Waals surface area (Å²) in [6.45, 7) is 5.47. The Morgan fingerprint density at radius 1 is 1.35 bits per heavy atom.